The maximum absolute atomic E-state index is 12.4. The van der Waals surface area contributed by atoms with Crippen molar-refractivity contribution < 1.29 is 0 Å². The van der Waals surface area contributed by atoms with Crippen LogP contribution in [-0.2, 0) is 7.05 Å². The van der Waals surface area contributed by atoms with E-state index in [1.807, 2.05) is 26.3 Å². The van der Waals surface area contributed by atoms with Gasteiger partial charge in [-0.15, -0.1) is 11.3 Å². The second-order valence-corrected chi connectivity index (χ2v) is 5.76. The summed E-state index contributed by atoms with van der Waals surface area (Å²) >= 11 is 1.46. The molecule has 0 bridgehead atoms. The number of fused-ring (bicyclic) bond motifs is 1. The van der Waals surface area contributed by atoms with E-state index < -0.39 is 0 Å². The van der Waals surface area contributed by atoms with Gasteiger partial charge in [-0.2, -0.15) is 14.9 Å². The molecule has 0 aromatic carbocycles. The smallest absolute Gasteiger partial charge is 0.272 e. The Morgan fingerprint density at radius 2 is 2.10 bits per heavy atom. The van der Waals surface area contributed by atoms with Crippen molar-refractivity contribution in [3.8, 4) is 0 Å². The van der Waals surface area contributed by atoms with Crippen molar-refractivity contribution in [3.05, 3.63) is 44.6 Å². The van der Waals surface area contributed by atoms with Crippen LogP contribution in [0.1, 0.15) is 22.8 Å². The minimum Gasteiger partial charge on any atom is -0.272 e. The van der Waals surface area contributed by atoms with Gasteiger partial charge in [-0.1, -0.05) is 0 Å². The fraction of sp³-hybridized carbons (Fsp3) is 0.286. The van der Waals surface area contributed by atoms with Gasteiger partial charge in [0.25, 0.3) is 5.56 Å². The summed E-state index contributed by atoms with van der Waals surface area (Å²) in [6.45, 7) is 5.67. The van der Waals surface area contributed by atoms with Crippen LogP contribution in [-0.4, -0.2) is 25.7 Å². The predicted molar refractivity (Wildman–Crippen MR) is 84.3 cm³/mol. The minimum absolute atomic E-state index is 0.144. The molecule has 0 N–H and O–H groups in total. The summed E-state index contributed by atoms with van der Waals surface area (Å²) in [5.41, 5.74) is 2.67. The van der Waals surface area contributed by atoms with Crippen LogP contribution >= 0.6 is 11.3 Å². The van der Waals surface area contributed by atoms with Gasteiger partial charge in [0.05, 0.1) is 17.3 Å². The molecule has 21 heavy (non-hydrogen) atoms. The van der Waals surface area contributed by atoms with Crippen molar-refractivity contribution in [1.29, 1.82) is 0 Å². The number of hydrogen-bond acceptors (Lipinski definition) is 5. The van der Waals surface area contributed by atoms with Gasteiger partial charge in [0.2, 0.25) is 0 Å². The summed E-state index contributed by atoms with van der Waals surface area (Å²) < 4.78 is 3.13. The predicted octanol–water partition coefficient (Wildman–Crippen LogP) is 2.00. The lowest BCUT2D eigenvalue weighted by Crippen LogP contribution is -2.19. The highest BCUT2D eigenvalue weighted by Crippen LogP contribution is 2.15. The zero-order valence-corrected chi connectivity index (χ0v) is 13.1. The highest BCUT2D eigenvalue weighted by Gasteiger charge is 2.10. The molecule has 3 aromatic rings. The maximum atomic E-state index is 12.4. The molecule has 0 spiro atoms. The zero-order valence-electron chi connectivity index (χ0n) is 12.3. The minimum atomic E-state index is -0.144. The summed E-state index contributed by atoms with van der Waals surface area (Å²) in [4.78, 5) is 17.6. The Morgan fingerprint density at radius 3 is 2.76 bits per heavy atom. The van der Waals surface area contributed by atoms with Crippen molar-refractivity contribution in [1.82, 2.24) is 19.4 Å². The molecule has 0 unspecified atom stereocenters. The number of hydrogen-bond donors (Lipinski definition) is 0. The molecule has 0 atom stereocenters. The Hall–Kier alpha value is -2.28. The quantitative estimate of drug-likeness (QED) is 0.680. The summed E-state index contributed by atoms with van der Waals surface area (Å²) in [6.07, 6.45) is 1.67. The van der Waals surface area contributed by atoms with Gasteiger partial charge in [-0.25, -0.2) is 4.98 Å². The average Bonchev–Trinajstić information content (AvgIpc) is 2.98. The average molecular weight is 301 g/mol. The Kier molecular flexibility index (Phi) is 3.21. The van der Waals surface area contributed by atoms with Gasteiger partial charge < -0.3 is 0 Å². The molecule has 0 aliphatic carbocycles. The van der Waals surface area contributed by atoms with Crippen LogP contribution < -0.4 is 5.56 Å². The molecule has 3 rings (SSSR count). The van der Waals surface area contributed by atoms with Crippen molar-refractivity contribution in [2.24, 2.45) is 12.1 Å². The molecule has 7 heteroatoms. The standard InChI is InChI=1S/C14H15N5OS/c1-8-12(9(2)18(4)17-8)7-15-19-10(3)16-13-11(14(19)20)5-6-21-13/h5-7H,1-4H3. The summed E-state index contributed by atoms with van der Waals surface area (Å²) in [5.74, 6) is 0.574. The molecule has 6 nitrogen and oxygen atoms in total. The van der Waals surface area contributed by atoms with Gasteiger partial charge in [-0.3, -0.25) is 9.48 Å². The van der Waals surface area contributed by atoms with Gasteiger partial charge in [-0.05, 0) is 32.2 Å². The third kappa shape index (κ3) is 2.19. The van der Waals surface area contributed by atoms with E-state index in [2.05, 4.69) is 15.2 Å². The van der Waals surface area contributed by atoms with E-state index in [0.29, 0.717) is 11.2 Å². The Balaban J connectivity index is 2.13. The molecule has 0 aliphatic heterocycles. The van der Waals surface area contributed by atoms with E-state index in [-0.39, 0.29) is 5.56 Å². The summed E-state index contributed by atoms with van der Waals surface area (Å²) in [6, 6.07) is 1.78. The van der Waals surface area contributed by atoms with E-state index in [9.17, 15) is 4.79 Å². The van der Waals surface area contributed by atoms with Crippen LogP contribution in [0.2, 0.25) is 0 Å². The Bertz CT molecular complexity index is 915. The summed E-state index contributed by atoms with van der Waals surface area (Å²) in [7, 11) is 1.88. The molecule has 0 saturated carbocycles. The molecule has 0 saturated heterocycles. The third-order valence-corrected chi connectivity index (χ3v) is 4.31. The van der Waals surface area contributed by atoms with Crippen molar-refractivity contribution in [3.63, 3.8) is 0 Å². The van der Waals surface area contributed by atoms with Crippen LogP contribution in [0.15, 0.2) is 21.3 Å². The first-order chi connectivity index (χ1) is 9.99. The molecule has 3 aromatic heterocycles. The Morgan fingerprint density at radius 1 is 1.33 bits per heavy atom. The van der Waals surface area contributed by atoms with Gasteiger partial charge in [0.15, 0.2) is 0 Å². The zero-order chi connectivity index (χ0) is 15.1. The van der Waals surface area contributed by atoms with Gasteiger partial charge in [0.1, 0.15) is 10.7 Å². The molecule has 0 radical (unpaired) electrons. The maximum Gasteiger partial charge on any atom is 0.282 e. The van der Waals surface area contributed by atoms with E-state index >= 15 is 0 Å². The molecule has 3 heterocycles. The van der Waals surface area contributed by atoms with Crippen molar-refractivity contribution >= 4 is 27.8 Å². The van der Waals surface area contributed by atoms with Crippen LogP contribution in [0.4, 0.5) is 0 Å². The number of aromatic nitrogens is 4. The van der Waals surface area contributed by atoms with E-state index in [4.69, 9.17) is 0 Å². The van der Waals surface area contributed by atoms with E-state index in [1.165, 1.54) is 16.0 Å². The lowest BCUT2D eigenvalue weighted by atomic mass is 10.2. The fourth-order valence-corrected chi connectivity index (χ4v) is 3.03. The highest BCUT2D eigenvalue weighted by atomic mass is 32.1. The van der Waals surface area contributed by atoms with Gasteiger partial charge >= 0.3 is 0 Å². The van der Waals surface area contributed by atoms with E-state index in [0.717, 1.165) is 21.8 Å². The second-order valence-electron chi connectivity index (χ2n) is 4.87. The highest BCUT2D eigenvalue weighted by molar-refractivity contribution is 7.16. The largest absolute Gasteiger partial charge is 0.282 e. The Labute approximate surface area is 125 Å². The van der Waals surface area contributed by atoms with Crippen LogP contribution in [0.5, 0.6) is 0 Å². The van der Waals surface area contributed by atoms with E-state index in [1.54, 1.807) is 23.9 Å². The first kappa shape index (κ1) is 13.7. The topological polar surface area (TPSA) is 65.1 Å². The lowest BCUT2D eigenvalue weighted by molar-refractivity contribution is 0.731. The number of nitrogens with zero attached hydrogens (tertiary/aromatic N) is 5. The van der Waals surface area contributed by atoms with Crippen molar-refractivity contribution in [2.75, 3.05) is 0 Å². The van der Waals surface area contributed by atoms with Gasteiger partial charge in [0, 0.05) is 18.3 Å². The molecule has 0 aliphatic rings. The van der Waals surface area contributed by atoms with Crippen LogP contribution in [0.3, 0.4) is 0 Å². The summed E-state index contributed by atoms with van der Waals surface area (Å²) in [5, 5.41) is 11.1. The van der Waals surface area contributed by atoms with Crippen LogP contribution in [0.25, 0.3) is 10.2 Å². The SMILES string of the molecule is Cc1nn(C)c(C)c1C=Nn1c(C)nc2sccc2c1=O. The first-order valence-electron chi connectivity index (χ1n) is 6.50. The first-order valence-corrected chi connectivity index (χ1v) is 7.38. The normalized spacial score (nSPS) is 11.8. The number of rotatable bonds is 2. The number of aryl methyl sites for hydroxylation is 3. The molecule has 0 amide bonds. The lowest BCUT2D eigenvalue weighted by Gasteiger charge is -2.02. The third-order valence-electron chi connectivity index (χ3n) is 3.50. The number of thiophene rings is 1. The second kappa shape index (κ2) is 4.92. The van der Waals surface area contributed by atoms with Crippen molar-refractivity contribution in [2.45, 2.75) is 20.8 Å². The molecule has 108 valence electrons. The monoisotopic (exact) mass is 301 g/mol. The molecular weight excluding hydrogens is 286 g/mol. The fourth-order valence-electron chi connectivity index (χ4n) is 2.23. The van der Waals surface area contributed by atoms with Crippen LogP contribution in [0, 0.1) is 20.8 Å². The molecule has 0 fully saturated rings. The molecular formula is C14H15N5OS.